The SMILES string of the molecule is Cc1ncc(-c2cc3c(I)nn(CC(=O)OC(C)(C)C)c3cc2C(=O)N(C)C)cn1. The van der Waals surface area contributed by atoms with Crippen LogP contribution in [0.25, 0.3) is 22.0 Å². The van der Waals surface area contributed by atoms with Crippen LogP contribution in [0.1, 0.15) is 37.0 Å². The molecule has 0 saturated heterocycles. The summed E-state index contributed by atoms with van der Waals surface area (Å²) >= 11 is 2.13. The van der Waals surface area contributed by atoms with Gasteiger partial charge < -0.3 is 9.64 Å². The molecular formula is C21H24IN5O3. The highest BCUT2D eigenvalue weighted by Crippen LogP contribution is 2.31. The molecule has 0 spiro atoms. The van der Waals surface area contributed by atoms with Crippen molar-refractivity contribution in [3.05, 3.63) is 39.6 Å². The van der Waals surface area contributed by atoms with Gasteiger partial charge in [0.1, 0.15) is 21.7 Å². The van der Waals surface area contributed by atoms with Gasteiger partial charge in [0.25, 0.3) is 5.91 Å². The van der Waals surface area contributed by atoms with E-state index in [1.165, 1.54) is 4.90 Å². The summed E-state index contributed by atoms with van der Waals surface area (Å²) in [5.41, 5.74) is 2.05. The molecule has 0 unspecified atom stereocenters. The van der Waals surface area contributed by atoms with Crippen LogP contribution in [0.3, 0.4) is 0 Å². The molecule has 30 heavy (non-hydrogen) atoms. The molecule has 0 bridgehead atoms. The summed E-state index contributed by atoms with van der Waals surface area (Å²) in [6.45, 7) is 7.22. The number of aromatic nitrogens is 4. The van der Waals surface area contributed by atoms with Crippen molar-refractivity contribution in [1.82, 2.24) is 24.6 Å². The lowest BCUT2D eigenvalue weighted by molar-refractivity contribution is -0.155. The van der Waals surface area contributed by atoms with Gasteiger partial charge in [-0.05, 0) is 68.0 Å². The van der Waals surface area contributed by atoms with Crippen molar-refractivity contribution in [2.24, 2.45) is 0 Å². The Morgan fingerprint density at radius 1 is 1.17 bits per heavy atom. The van der Waals surface area contributed by atoms with E-state index in [-0.39, 0.29) is 18.4 Å². The number of rotatable bonds is 4. The van der Waals surface area contributed by atoms with Gasteiger partial charge in [-0.3, -0.25) is 14.3 Å². The summed E-state index contributed by atoms with van der Waals surface area (Å²) in [7, 11) is 3.40. The molecule has 9 heteroatoms. The van der Waals surface area contributed by atoms with Crippen molar-refractivity contribution in [1.29, 1.82) is 0 Å². The number of carbonyl (C=O) groups is 2. The van der Waals surface area contributed by atoms with E-state index < -0.39 is 5.60 Å². The number of fused-ring (bicyclic) bond motifs is 1. The van der Waals surface area contributed by atoms with E-state index in [0.29, 0.717) is 16.9 Å². The van der Waals surface area contributed by atoms with Crippen LogP contribution in [-0.4, -0.2) is 56.2 Å². The van der Waals surface area contributed by atoms with Crippen LogP contribution in [0.4, 0.5) is 0 Å². The molecule has 0 aliphatic carbocycles. The first-order valence-electron chi connectivity index (χ1n) is 9.39. The average Bonchev–Trinajstić information content (AvgIpc) is 2.94. The summed E-state index contributed by atoms with van der Waals surface area (Å²) in [4.78, 5) is 35.3. The molecule has 3 aromatic rings. The first-order chi connectivity index (χ1) is 14.0. The van der Waals surface area contributed by atoms with E-state index in [1.807, 2.05) is 33.8 Å². The minimum Gasteiger partial charge on any atom is -0.459 e. The van der Waals surface area contributed by atoms with Crippen molar-refractivity contribution in [3.63, 3.8) is 0 Å². The fraction of sp³-hybridized carbons (Fsp3) is 0.381. The highest BCUT2D eigenvalue weighted by Gasteiger charge is 2.22. The number of aryl methyl sites for hydroxylation is 1. The highest BCUT2D eigenvalue weighted by atomic mass is 127. The zero-order valence-corrected chi connectivity index (χ0v) is 20.0. The smallest absolute Gasteiger partial charge is 0.328 e. The third kappa shape index (κ3) is 4.77. The molecule has 2 aromatic heterocycles. The van der Waals surface area contributed by atoms with Gasteiger partial charge in [0, 0.05) is 43.0 Å². The number of hydrogen-bond donors (Lipinski definition) is 0. The third-order valence-electron chi connectivity index (χ3n) is 4.27. The van der Waals surface area contributed by atoms with Gasteiger partial charge in [0.15, 0.2) is 0 Å². The molecule has 0 N–H and O–H groups in total. The predicted molar refractivity (Wildman–Crippen MR) is 122 cm³/mol. The molecule has 0 saturated carbocycles. The lowest BCUT2D eigenvalue weighted by Gasteiger charge is -2.19. The quantitative estimate of drug-likeness (QED) is 0.386. The summed E-state index contributed by atoms with van der Waals surface area (Å²) in [6.07, 6.45) is 3.40. The van der Waals surface area contributed by atoms with Gasteiger partial charge in [-0.1, -0.05) is 0 Å². The molecule has 158 valence electrons. The molecule has 8 nitrogen and oxygen atoms in total. The fourth-order valence-corrected chi connectivity index (χ4v) is 3.68. The molecule has 2 heterocycles. The molecule has 1 amide bonds. The number of hydrogen-bond acceptors (Lipinski definition) is 6. The number of ether oxygens (including phenoxy) is 1. The van der Waals surface area contributed by atoms with Crippen LogP contribution in [0.15, 0.2) is 24.5 Å². The molecule has 0 aliphatic rings. The number of esters is 1. The van der Waals surface area contributed by atoms with E-state index in [0.717, 1.165) is 20.2 Å². The maximum absolute atomic E-state index is 12.9. The van der Waals surface area contributed by atoms with Crippen LogP contribution >= 0.6 is 22.6 Å². The van der Waals surface area contributed by atoms with E-state index in [9.17, 15) is 9.59 Å². The van der Waals surface area contributed by atoms with Gasteiger partial charge in [-0.25, -0.2) is 9.97 Å². The van der Waals surface area contributed by atoms with Crippen LogP contribution in [0.2, 0.25) is 0 Å². The number of halogens is 1. The second-order valence-corrected chi connectivity index (χ2v) is 9.19. The minimum atomic E-state index is -0.585. The first kappa shape index (κ1) is 22.1. The van der Waals surface area contributed by atoms with Crippen molar-refractivity contribution in [2.75, 3.05) is 14.1 Å². The third-order valence-corrected chi connectivity index (χ3v) is 5.07. The summed E-state index contributed by atoms with van der Waals surface area (Å²) in [6, 6.07) is 3.67. The molecule has 0 fully saturated rings. The standard InChI is InChI=1S/C21H24IN5O3/c1-12-23-9-13(10-24-12)14-7-16-17(8-15(14)20(29)26(5)6)27(25-19(16)22)11-18(28)30-21(2,3)4/h7-10H,11H2,1-6H3. The Balaban J connectivity index is 2.16. The predicted octanol–water partition coefficient (Wildman–Crippen LogP) is 3.45. The van der Waals surface area contributed by atoms with Crippen LogP contribution in [0, 0.1) is 10.6 Å². The second-order valence-electron chi connectivity index (χ2n) is 8.17. The second kappa shape index (κ2) is 8.29. The lowest BCUT2D eigenvalue weighted by atomic mass is 9.99. The summed E-state index contributed by atoms with van der Waals surface area (Å²) < 4.78 is 7.73. The number of nitrogens with zero attached hydrogens (tertiary/aromatic N) is 5. The number of carbonyl (C=O) groups excluding carboxylic acids is 2. The van der Waals surface area contributed by atoms with Crippen molar-refractivity contribution >= 4 is 45.4 Å². The number of amides is 1. The Labute approximate surface area is 188 Å². The molecule has 3 rings (SSSR count). The van der Waals surface area contributed by atoms with Gasteiger partial charge in [0.2, 0.25) is 0 Å². The zero-order chi connectivity index (χ0) is 22.2. The highest BCUT2D eigenvalue weighted by molar-refractivity contribution is 14.1. The fourth-order valence-electron chi connectivity index (χ4n) is 2.99. The van der Waals surface area contributed by atoms with Crippen LogP contribution in [0.5, 0.6) is 0 Å². The first-order valence-corrected chi connectivity index (χ1v) is 10.5. The van der Waals surface area contributed by atoms with E-state index in [4.69, 9.17) is 4.74 Å². The Hall–Kier alpha value is -2.56. The van der Waals surface area contributed by atoms with E-state index in [2.05, 4.69) is 37.7 Å². The van der Waals surface area contributed by atoms with E-state index >= 15 is 0 Å². The zero-order valence-electron chi connectivity index (χ0n) is 17.9. The monoisotopic (exact) mass is 521 g/mol. The van der Waals surface area contributed by atoms with Gasteiger partial charge >= 0.3 is 5.97 Å². The van der Waals surface area contributed by atoms with Crippen molar-refractivity contribution < 1.29 is 14.3 Å². The lowest BCUT2D eigenvalue weighted by Crippen LogP contribution is -2.27. The maximum Gasteiger partial charge on any atom is 0.328 e. The average molecular weight is 521 g/mol. The normalized spacial score (nSPS) is 11.6. The molecule has 0 atom stereocenters. The molecular weight excluding hydrogens is 497 g/mol. The van der Waals surface area contributed by atoms with Gasteiger partial charge in [-0.2, -0.15) is 5.10 Å². The van der Waals surface area contributed by atoms with Crippen molar-refractivity contribution in [2.45, 2.75) is 39.8 Å². The maximum atomic E-state index is 12.9. The molecule has 0 radical (unpaired) electrons. The Morgan fingerprint density at radius 3 is 2.37 bits per heavy atom. The Bertz CT molecular complexity index is 1110. The number of benzene rings is 1. The van der Waals surface area contributed by atoms with Crippen LogP contribution in [-0.2, 0) is 16.1 Å². The Kier molecular flexibility index (Phi) is 6.11. The minimum absolute atomic E-state index is 0.0423. The molecule has 1 aromatic carbocycles. The van der Waals surface area contributed by atoms with Crippen molar-refractivity contribution in [3.8, 4) is 11.1 Å². The topological polar surface area (TPSA) is 90.2 Å². The largest absolute Gasteiger partial charge is 0.459 e. The summed E-state index contributed by atoms with van der Waals surface area (Å²) in [5, 5.41) is 5.34. The summed E-state index contributed by atoms with van der Waals surface area (Å²) in [5.74, 6) is 0.104. The Morgan fingerprint density at radius 2 is 1.80 bits per heavy atom. The van der Waals surface area contributed by atoms with E-state index in [1.54, 1.807) is 37.2 Å². The van der Waals surface area contributed by atoms with Gasteiger partial charge in [-0.15, -0.1) is 0 Å². The molecule has 0 aliphatic heterocycles. The van der Waals surface area contributed by atoms with Gasteiger partial charge in [0.05, 0.1) is 5.52 Å². The van der Waals surface area contributed by atoms with Crippen LogP contribution < -0.4 is 0 Å².